The van der Waals surface area contributed by atoms with Crippen molar-refractivity contribution in [2.75, 3.05) is 5.32 Å². The van der Waals surface area contributed by atoms with Crippen LogP contribution in [0.5, 0.6) is 0 Å². The average Bonchev–Trinajstić information content (AvgIpc) is 2.95. The van der Waals surface area contributed by atoms with Crippen molar-refractivity contribution in [3.05, 3.63) is 78.6 Å². The van der Waals surface area contributed by atoms with Gasteiger partial charge in [-0.25, -0.2) is 0 Å². The molecule has 0 saturated carbocycles. The average molecular weight is 262 g/mol. The minimum absolute atomic E-state index is 0.0148. The first kappa shape index (κ1) is 12.2. The molecule has 3 heteroatoms. The van der Waals surface area contributed by atoms with Crippen molar-refractivity contribution in [1.82, 2.24) is 4.98 Å². The Bertz CT molecular complexity index is 757. The smallest absolute Gasteiger partial charge is 0.187 e. The number of fused-ring (bicyclic) bond motifs is 1. The van der Waals surface area contributed by atoms with Gasteiger partial charge in [0, 0.05) is 35.2 Å². The van der Waals surface area contributed by atoms with Gasteiger partial charge in [0.15, 0.2) is 5.78 Å². The van der Waals surface area contributed by atoms with Crippen LogP contribution in [0.1, 0.15) is 10.4 Å². The van der Waals surface area contributed by atoms with E-state index in [4.69, 9.17) is 0 Å². The number of carbonyl (C=O) groups is 1. The van der Waals surface area contributed by atoms with Crippen LogP contribution in [0, 0.1) is 0 Å². The normalized spacial score (nSPS) is 11.0. The van der Waals surface area contributed by atoms with Gasteiger partial charge in [-0.3, -0.25) is 4.79 Å². The third-order valence-electron chi connectivity index (χ3n) is 3.10. The molecule has 0 atom stereocenters. The van der Waals surface area contributed by atoms with Crippen LogP contribution in [0.25, 0.3) is 10.9 Å². The molecule has 0 fully saturated rings. The number of carbonyl (C=O) groups excluding carboxylic acids is 1. The predicted molar refractivity (Wildman–Crippen MR) is 81.8 cm³/mol. The van der Waals surface area contributed by atoms with E-state index in [0.717, 1.165) is 11.2 Å². The highest BCUT2D eigenvalue weighted by Crippen LogP contribution is 2.17. The quantitative estimate of drug-likeness (QED) is 0.552. The fourth-order valence-corrected chi connectivity index (χ4v) is 2.05. The Labute approximate surface area is 116 Å². The van der Waals surface area contributed by atoms with E-state index in [1.165, 1.54) is 11.5 Å². The van der Waals surface area contributed by atoms with Crippen LogP contribution in [-0.4, -0.2) is 10.8 Å². The monoisotopic (exact) mass is 262 g/mol. The number of nitrogens with one attached hydrogen (secondary N) is 2. The van der Waals surface area contributed by atoms with Gasteiger partial charge in [0.2, 0.25) is 0 Å². The third kappa shape index (κ3) is 2.62. The fourth-order valence-electron chi connectivity index (χ4n) is 2.05. The Kier molecular flexibility index (Phi) is 3.33. The van der Waals surface area contributed by atoms with Gasteiger partial charge in [-0.05, 0) is 23.6 Å². The highest BCUT2D eigenvalue weighted by molar-refractivity contribution is 6.04. The van der Waals surface area contributed by atoms with Crippen molar-refractivity contribution in [3.63, 3.8) is 0 Å². The van der Waals surface area contributed by atoms with E-state index in [1.54, 1.807) is 18.3 Å². The molecule has 0 radical (unpaired) electrons. The number of benzene rings is 2. The van der Waals surface area contributed by atoms with E-state index < -0.39 is 0 Å². The predicted octanol–water partition coefficient (Wildman–Crippen LogP) is 3.98. The summed E-state index contributed by atoms with van der Waals surface area (Å²) in [5.41, 5.74) is 2.69. The molecule has 0 spiro atoms. The molecule has 0 saturated heterocycles. The molecule has 20 heavy (non-hydrogen) atoms. The summed E-state index contributed by atoms with van der Waals surface area (Å²) in [5, 5.41) is 4.27. The van der Waals surface area contributed by atoms with Gasteiger partial charge in [0.05, 0.1) is 0 Å². The lowest BCUT2D eigenvalue weighted by molar-refractivity contribution is 0.104. The van der Waals surface area contributed by atoms with Crippen molar-refractivity contribution >= 4 is 22.4 Å². The topological polar surface area (TPSA) is 44.9 Å². The first-order chi connectivity index (χ1) is 9.83. The standard InChI is InChI=1S/C17H14N2O/c20-17(14-4-2-1-3-5-14)9-11-18-15-7-6-13-8-10-19-16(13)12-15/h1-12,18-19H/b11-9-. The van der Waals surface area contributed by atoms with Crippen molar-refractivity contribution in [3.8, 4) is 0 Å². The second kappa shape index (κ2) is 5.45. The Morgan fingerprint density at radius 3 is 2.75 bits per heavy atom. The van der Waals surface area contributed by atoms with Crippen LogP contribution >= 0.6 is 0 Å². The molecule has 3 nitrogen and oxygen atoms in total. The van der Waals surface area contributed by atoms with Crippen LogP contribution in [0.2, 0.25) is 0 Å². The van der Waals surface area contributed by atoms with E-state index in [2.05, 4.69) is 10.3 Å². The van der Waals surface area contributed by atoms with Gasteiger partial charge in [0.25, 0.3) is 0 Å². The van der Waals surface area contributed by atoms with E-state index >= 15 is 0 Å². The lowest BCUT2D eigenvalue weighted by Gasteiger charge is -2.00. The van der Waals surface area contributed by atoms with Gasteiger partial charge < -0.3 is 10.3 Å². The number of allylic oxidation sites excluding steroid dienone is 1. The highest BCUT2D eigenvalue weighted by atomic mass is 16.1. The van der Waals surface area contributed by atoms with Crippen LogP contribution in [0.3, 0.4) is 0 Å². The van der Waals surface area contributed by atoms with Crippen molar-refractivity contribution in [2.45, 2.75) is 0 Å². The summed E-state index contributed by atoms with van der Waals surface area (Å²) in [4.78, 5) is 15.0. The van der Waals surface area contributed by atoms with Gasteiger partial charge in [0.1, 0.15) is 0 Å². The second-order valence-corrected chi connectivity index (χ2v) is 4.49. The van der Waals surface area contributed by atoms with Crippen LogP contribution < -0.4 is 5.32 Å². The highest BCUT2D eigenvalue weighted by Gasteiger charge is 1.99. The first-order valence-electron chi connectivity index (χ1n) is 6.42. The van der Waals surface area contributed by atoms with Crippen molar-refractivity contribution < 1.29 is 4.79 Å². The Balaban J connectivity index is 1.69. The SMILES string of the molecule is O=C(/C=C\Nc1ccc2cc[nH]c2c1)c1ccccc1. The molecule has 0 aliphatic carbocycles. The maximum absolute atomic E-state index is 11.9. The number of ketones is 1. The zero-order valence-corrected chi connectivity index (χ0v) is 10.8. The summed E-state index contributed by atoms with van der Waals surface area (Å²) >= 11 is 0. The Hall–Kier alpha value is -2.81. The molecule has 98 valence electrons. The number of hydrogen-bond acceptors (Lipinski definition) is 2. The zero-order chi connectivity index (χ0) is 13.8. The van der Waals surface area contributed by atoms with E-state index in [9.17, 15) is 4.79 Å². The van der Waals surface area contributed by atoms with Crippen LogP contribution in [-0.2, 0) is 0 Å². The minimum atomic E-state index is -0.0148. The number of aromatic amines is 1. The van der Waals surface area contributed by atoms with Crippen LogP contribution in [0.4, 0.5) is 5.69 Å². The molecule has 2 N–H and O–H groups in total. The number of H-pyrrole nitrogens is 1. The van der Waals surface area contributed by atoms with Gasteiger partial charge in [-0.15, -0.1) is 0 Å². The summed E-state index contributed by atoms with van der Waals surface area (Å²) in [6.07, 6.45) is 5.11. The number of aromatic nitrogens is 1. The molecule has 2 aromatic carbocycles. The largest absolute Gasteiger partial charge is 0.361 e. The molecule has 3 aromatic rings. The summed E-state index contributed by atoms with van der Waals surface area (Å²) < 4.78 is 0. The molecule has 0 amide bonds. The van der Waals surface area contributed by atoms with E-state index in [1.807, 2.05) is 48.7 Å². The van der Waals surface area contributed by atoms with Crippen LogP contribution in [0.15, 0.2) is 73.1 Å². The lowest BCUT2D eigenvalue weighted by Crippen LogP contribution is -1.95. The number of anilines is 1. The Morgan fingerprint density at radius 2 is 1.90 bits per heavy atom. The molecule has 1 heterocycles. The molecular weight excluding hydrogens is 248 g/mol. The molecule has 0 unspecified atom stereocenters. The lowest BCUT2D eigenvalue weighted by atomic mass is 10.1. The summed E-state index contributed by atoms with van der Waals surface area (Å²) in [6, 6.07) is 17.2. The third-order valence-corrected chi connectivity index (χ3v) is 3.10. The molecular formula is C17H14N2O. The zero-order valence-electron chi connectivity index (χ0n) is 10.8. The summed E-state index contributed by atoms with van der Waals surface area (Å²) in [5.74, 6) is -0.0148. The molecule has 0 bridgehead atoms. The van der Waals surface area contributed by atoms with E-state index in [0.29, 0.717) is 5.56 Å². The first-order valence-corrected chi connectivity index (χ1v) is 6.42. The molecule has 0 aliphatic heterocycles. The minimum Gasteiger partial charge on any atom is -0.361 e. The van der Waals surface area contributed by atoms with Gasteiger partial charge in [-0.1, -0.05) is 36.4 Å². The van der Waals surface area contributed by atoms with E-state index in [-0.39, 0.29) is 5.78 Å². The second-order valence-electron chi connectivity index (χ2n) is 4.49. The molecule has 3 rings (SSSR count). The van der Waals surface area contributed by atoms with Crippen molar-refractivity contribution in [1.29, 1.82) is 0 Å². The molecule has 1 aromatic heterocycles. The summed E-state index contributed by atoms with van der Waals surface area (Å²) in [7, 11) is 0. The summed E-state index contributed by atoms with van der Waals surface area (Å²) in [6.45, 7) is 0. The molecule has 0 aliphatic rings. The number of rotatable bonds is 4. The van der Waals surface area contributed by atoms with Gasteiger partial charge >= 0.3 is 0 Å². The van der Waals surface area contributed by atoms with Gasteiger partial charge in [-0.2, -0.15) is 0 Å². The maximum atomic E-state index is 11.9. The Morgan fingerprint density at radius 1 is 1.05 bits per heavy atom. The number of hydrogen-bond donors (Lipinski definition) is 2. The fraction of sp³-hybridized carbons (Fsp3) is 0. The maximum Gasteiger partial charge on any atom is 0.187 e. The van der Waals surface area contributed by atoms with Crippen molar-refractivity contribution in [2.24, 2.45) is 0 Å².